The Bertz CT molecular complexity index is 917. The molecule has 0 saturated carbocycles. The Balaban J connectivity index is 1.45. The Morgan fingerprint density at radius 3 is 2.77 bits per heavy atom. The van der Waals surface area contributed by atoms with E-state index in [0.29, 0.717) is 17.9 Å². The quantitative estimate of drug-likeness (QED) is 0.611. The van der Waals surface area contributed by atoms with Crippen molar-refractivity contribution in [1.82, 2.24) is 15.6 Å². The highest BCUT2D eigenvalue weighted by molar-refractivity contribution is 5.96. The lowest BCUT2D eigenvalue weighted by molar-refractivity contribution is -0.120. The monoisotopic (exact) mass is 351 g/mol. The lowest BCUT2D eigenvalue weighted by atomic mass is 10.1. The normalized spacial score (nSPS) is 10.5. The van der Waals surface area contributed by atoms with Gasteiger partial charge in [0.25, 0.3) is 5.91 Å². The highest BCUT2D eigenvalue weighted by Gasteiger charge is 2.09. The summed E-state index contributed by atoms with van der Waals surface area (Å²) in [4.78, 5) is 27.2. The number of ether oxygens (including phenoxy) is 1. The molecule has 3 aromatic rings. The van der Waals surface area contributed by atoms with Gasteiger partial charge in [0.15, 0.2) is 0 Å². The molecule has 1 heterocycles. The number of methoxy groups -OCH3 is 1. The molecular weight excluding hydrogens is 330 g/mol. The van der Waals surface area contributed by atoms with Crippen LogP contribution >= 0.6 is 0 Å². The van der Waals surface area contributed by atoms with Crippen LogP contribution < -0.4 is 15.4 Å². The second kappa shape index (κ2) is 8.20. The largest absolute Gasteiger partial charge is 0.497 e. The summed E-state index contributed by atoms with van der Waals surface area (Å²) >= 11 is 0. The topological polar surface area (TPSA) is 83.2 Å². The first-order valence-corrected chi connectivity index (χ1v) is 8.41. The maximum atomic E-state index is 12.1. The Morgan fingerprint density at radius 1 is 1.08 bits per heavy atom. The predicted octanol–water partition coefficient (Wildman–Crippen LogP) is 2.27. The lowest BCUT2D eigenvalue weighted by Gasteiger charge is -2.08. The van der Waals surface area contributed by atoms with E-state index in [0.717, 1.165) is 22.9 Å². The highest BCUT2D eigenvalue weighted by atomic mass is 16.5. The molecule has 2 aromatic carbocycles. The minimum absolute atomic E-state index is 0.0655. The molecule has 0 unspecified atom stereocenters. The van der Waals surface area contributed by atoms with Gasteiger partial charge in [0.1, 0.15) is 5.75 Å². The predicted molar refractivity (Wildman–Crippen MR) is 100 cm³/mol. The van der Waals surface area contributed by atoms with Crippen LogP contribution in [-0.4, -0.2) is 37.0 Å². The maximum Gasteiger partial charge on any atom is 0.251 e. The zero-order chi connectivity index (χ0) is 18.4. The van der Waals surface area contributed by atoms with Crippen molar-refractivity contribution >= 4 is 22.7 Å². The molecule has 0 aliphatic heterocycles. The van der Waals surface area contributed by atoms with E-state index in [1.165, 1.54) is 7.11 Å². The van der Waals surface area contributed by atoms with Crippen LogP contribution in [0.15, 0.2) is 54.7 Å². The van der Waals surface area contributed by atoms with Crippen molar-refractivity contribution in [3.05, 3.63) is 65.9 Å². The average molecular weight is 351 g/mol. The van der Waals surface area contributed by atoms with Gasteiger partial charge in [-0.25, -0.2) is 0 Å². The Morgan fingerprint density at radius 2 is 1.92 bits per heavy atom. The maximum absolute atomic E-state index is 12.1. The van der Waals surface area contributed by atoms with Crippen LogP contribution in [0.2, 0.25) is 0 Å². The summed E-state index contributed by atoms with van der Waals surface area (Å²) in [7, 11) is 1.54. The van der Waals surface area contributed by atoms with Gasteiger partial charge >= 0.3 is 0 Å². The molecule has 0 saturated heterocycles. The molecule has 0 spiro atoms. The molecule has 0 aliphatic rings. The number of hydrogen-bond donors (Lipinski definition) is 3. The Labute approximate surface area is 151 Å². The van der Waals surface area contributed by atoms with E-state index in [9.17, 15) is 9.59 Å². The Hall–Kier alpha value is -3.28. The third-order valence-electron chi connectivity index (χ3n) is 4.13. The second-order valence-corrected chi connectivity index (χ2v) is 5.87. The number of aromatic nitrogens is 1. The molecule has 3 N–H and O–H groups in total. The minimum atomic E-state index is -0.310. The molecule has 6 nitrogen and oxygen atoms in total. The van der Waals surface area contributed by atoms with Gasteiger partial charge in [-0.15, -0.1) is 0 Å². The van der Waals surface area contributed by atoms with Gasteiger partial charge in [0.2, 0.25) is 5.91 Å². The van der Waals surface area contributed by atoms with Crippen molar-refractivity contribution in [3.63, 3.8) is 0 Å². The number of nitrogens with one attached hydrogen (secondary N) is 3. The molecule has 1 aromatic heterocycles. The smallest absolute Gasteiger partial charge is 0.251 e. The number of carbonyl (C=O) groups excluding carboxylic acids is 2. The molecule has 26 heavy (non-hydrogen) atoms. The fourth-order valence-corrected chi connectivity index (χ4v) is 2.76. The fourth-order valence-electron chi connectivity index (χ4n) is 2.76. The van der Waals surface area contributed by atoms with E-state index in [-0.39, 0.29) is 18.4 Å². The van der Waals surface area contributed by atoms with Crippen molar-refractivity contribution in [1.29, 1.82) is 0 Å². The molecule has 0 bridgehead atoms. The van der Waals surface area contributed by atoms with Crippen LogP contribution in [0.1, 0.15) is 15.9 Å². The van der Waals surface area contributed by atoms with Crippen LogP contribution in [0.4, 0.5) is 0 Å². The molecule has 0 atom stereocenters. The van der Waals surface area contributed by atoms with E-state index in [2.05, 4.69) is 21.7 Å². The number of aromatic amines is 1. The second-order valence-electron chi connectivity index (χ2n) is 5.87. The highest BCUT2D eigenvalue weighted by Crippen LogP contribution is 2.17. The first kappa shape index (κ1) is 17.5. The van der Waals surface area contributed by atoms with E-state index >= 15 is 0 Å². The first-order chi connectivity index (χ1) is 12.7. The Kier molecular flexibility index (Phi) is 5.53. The van der Waals surface area contributed by atoms with Gasteiger partial charge in [-0.1, -0.05) is 24.3 Å². The molecule has 0 aliphatic carbocycles. The number of benzene rings is 2. The van der Waals surface area contributed by atoms with E-state index in [1.54, 1.807) is 24.3 Å². The van der Waals surface area contributed by atoms with E-state index < -0.39 is 0 Å². The van der Waals surface area contributed by atoms with Crippen LogP contribution in [0.5, 0.6) is 5.75 Å². The van der Waals surface area contributed by atoms with Gasteiger partial charge in [-0.2, -0.15) is 0 Å². The van der Waals surface area contributed by atoms with Crippen LogP contribution in [0.3, 0.4) is 0 Å². The third-order valence-corrected chi connectivity index (χ3v) is 4.13. The number of hydrogen-bond acceptors (Lipinski definition) is 3. The molecule has 3 rings (SSSR count). The number of para-hydroxylation sites is 1. The molecule has 2 amide bonds. The summed E-state index contributed by atoms with van der Waals surface area (Å²) in [5.74, 6) is 0.0672. The summed E-state index contributed by atoms with van der Waals surface area (Å²) in [5, 5.41) is 6.59. The standard InChI is InChI=1S/C20H21N3O3/c1-26-16-6-4-5-14(11-16)20(25)23-13-19(24)21-10-9-15-12-22-18-8-3-2-7-17(15)18/h2-8,11-12,22H,9-10,13H2,1H3,(H,21,24)(H,23,25). The summed E-state index contributed by atoms with van der Waals surface area (Å²) in [5.41, 5.74) is 2.69. The van der Waals surface area contributed by atoms with Gasteiger partial charge in [0, 0.05) is 29.2 Å². The van der Waals surface area contributed by atoms with Crippen LogP contribution in [-0.2, 0) is 11.2 Å². The van der Waals surface area contributed by atoms with Crippen LogP contribution in [0, 0.1) is 0 Å². The molecule has 0 fully saturated rings. The number of carbonyl (C=O) groups is 2. The van der Waals surface area contributed by atoms with Crippen LogP contribution in [0.25, 0.3) is 10.9 Å². The SMILES string of the molecule is COc1cccc(C(=O)NCC(=O)NCCc2c[nH]c3ccccc23)c1. The first-order valence-electron chi connectivity index (χ1n) is 8.41. The lowest BCUT2D eigenvalue weighted by Crippen LogP contribution is -2.37. The summed E-state index contributed by atoms with van der Waals surface area (Å²) in [6.45, 7) is 0.444. The average Bonchev–Trinajstić information content (AvgIpc) is 3.09. The third kappa shape index (κ3) is 4.22. The summed E-state index contributed by atoms with van der Waals surface area (Å²) in [6, 6.07) is 14.8. The minimum Gasteiger partial charge on any atom is -0.497 e. The van der Waals surface area contributed by atoms with E-state index in [4.69, 9.17) is 4.74 Å². The molecule has 134 valence electrons. The van der Waals surface area contributed by atoms with Crippen molar-refractivity contribution < 1.29 is 14.3 Å². The van der Waals surface area contributed by atoms with Gasteiger partial charge < -0.3 is 20.4 Å². The van der Waals surface area contributed by atoms with E-state index in [1.807, 2.05) is 24.4 Å². The van der Waals surface area contributed by atoms with Crippen molar-refractivity contribution in [3.8, 4) is 5.75 Å². The summed E-state index contributed by atoms with van der Waals surface area (Å²) < 4.78 is 5.09. The van der Waals surface area contributed by atoms with Gasteiger partial charge in [0.05, 0.1) is 13.7 Å². The number of H-pyrrole nitrogens is 1. The van der Waals surface area contributed by atoms with Crippen molar-refractivity contribution in [2.45, 2.75) is 6.42 Å². The number of fused-ring (bicyclic) bond motifs is 1. The van der Waals surface area contributed by atoms with Gasteiger partial charge in [-0.05, 0) is 36.2 Å². The summed E-state index contributed by atoms with van der Waals surface area (Å²) in [6.07, 6.45) is 2.68. The van der Waals surface area contributed by atoms with Crippen molar-refractivity contribution in [2.24, 2.45) is 0 Å². The molecular formula is C20H21N3O3. The fraction of sp³-hybridized carbons (Fsp3) is 0.200. The number of rotatable bonds is 7. The van der Waals surface area contributed by atoms with Crippen molar-refractivity contribution in [2.75, 3.05) is 20.2 Å². The zero-order valence-corrected chi connectivity index (χ0v) is 14.5. The zero-order valence-electron chi connectivity index (χ0n) is 14.5. The van der Waals surface area contributed by atoms with Gasteiger partial charge in [-0.3, -0.25) is 9.59 Å². The number of amides is 2. The molecule has 0 radical (unpaired) electrons. The molecule has 6 heteroatoms.